The molecule has 7 nitrogen and oxygen atoms in total. The molecule has 0 radical (unpaired) electrons. The number of aromatic amines is 1. The number of rotatable bonds is 7. The summed E-state index contributed by atoms with van der Waals surface area (Å²) >= 11 is 1.10. The minimum atomic E-state index is -0.892. The van der Waals surface area contributed by atoms with Gasteiger partial charge in [-0.25, -0.2) is 4.98 Å². The first-order valence-electron chi connectivity index (χ1n) is 6.55. The summed E-state index contributed by atoms with van der Waals surface area (Å²) in [4.78, 5) is 15.1. The molecule has 0 bridgehead atoms. The van der Waals surface area contributed by atoms with Gasteiger partial charge in [0.25, 0.3) is 0 Å². The first kappa shape index (κ1) is 16.2. The number of nitrogens with one attached hydrogen (secondary N) is 1. The molecular formula is C14H17N3O4S. The lowest BCUT2D eigenvalue weighted by atomic mass is 10.1. The van der Waals surface area contributed by atoms with Crippen molar-refractivity contribution in [2.24, 2.45) is 0 Å². The fourth-order valence-corrected chi connectivity index (χ4v) is 2.48. The van der Waals surface area contributed by atoms with E-state index in [1.165, 1.54) is 0 Å². The van der Waals surface area contributed by atoms with Crippen LogP contribution >= 0.6 is 11.8 Å². The van der Waals surface area contributed by atoms with Gasteiger partial charge < -0.3 is 14.6 Å². The van der Waals surface area contributed by atoms with E-state index in [0.29, 0.717) is 28.9 Å². The molecule has 8 heteroatoms. The zero-order valence-electron chi connectivity index (χ0n) is 12.5. The van der Waals surface area contributed by atoms with Crippen LogP contribution < -0.4 is 9.47 Å². The molecule has 0 aliphatic heterocycles. The second kappa shape index (κ2) is 7.17. The van der Waals surface area contributed by atoms with Crippen LogP contribution in [0.15, 0.2) is 23.4 Å². The summed E-state index contributed by atoms with van der Waals surface area (Å²) in [6, 6.07) is 5.61. The summed E-state index contributed by atoms with van der Waals surface area (Å²) < 4.78 is 10.5. The van der Waals surface area contributed by atoms with Gasteiger partial charge in [-0.15, -0.1) is 5.10 Å². The van der Waals surface area contributed by atoms with Gasteiger partial charge in [-0.2, -0.15) is 0 Å². The van der Waals surface area contributed by atoms with Gasteiger partial charge in [0.1, 0.15) is 11.1 Å². The quantitative estimate of drug-likeness (QED) is 0.752. The molecule has 0 unspecified atom stereocenters. The first-order valence-corrected chi connectivity index (χ1v) is 7.43. The standard InChI is InChI=1S/C14H17N3O4S/c1-8(13(18)19)22-14-15-12(16-17-14)7-9-4-5-10(20-2)11(6-9)21-3/h4-6,8H,7H2,1-3H3,(H,18,19)(H,15,16,17)/t8-/m1/s1. The van der Waals surface area contributed by atoms with E-state index in [1.54, 1.807) is 21.1 Å². The van der Waals surface area contributed by atoms with Crippen LogP contribution in [0, 0.1) is 0 Å². The van der Waals surface area contributed by atoms with Crippen LogP contribution in [0.4, 0.5) is 0 Å². The molecule has 0 aliphatic rings. The van der Waals surface area contributed by atoms with E-state index in [1.807, 2.05) is 18.2 Å². The minimum absolute atomic E-state index is 0.422. The largest absolute Gasteiger partial charge is 0.493 e. The normalized spacial score (nSPS) is 12.0. The Labute approximate surface area is 132 Å². The molecular weight excluding hydrogens is 306 g/mol. The second-order valence-electron chi connectivity index (χ2n) is 4.53. The molecule has 0 aliphatic carbocycles. The highest BCUT2D eigenvalue weighted by Crippen LogP contribution is 2.28. The summed E-state index contributed by atoms with van der Waals surface area (Å²) in [5.74, 6) is 1.08. The van der Waals surface area contributed by atoms with Crippen LogP contribution in [0.1, 0.15) is 18.3 Å². The number of carboxylic acid groups (broad SMARTS) is 1. The Morgan fingerprint density at radius 3 is 2.73 bits per heavy atom. The van der Waals surface area contributed by atoms with Crippen molar-refractivity contribution in [1.29, 1.82) is 0 Å². The number of aromatic nitrogens is 3. The van der Waals surface area contributed by atoms with Gasteiger partial charge >= 0.3 is 5.97 Å². The summed E-state index contributed by atoms with van der Waals surface area (Å²) in [6.45, 7) is 1.59. The van der Waals surface area contributed by atoms with Crippen LogP contribution in [0.25, 0.3) is 0 Å². The summed E-state index contributed by atoms with van der Waals surface area (Å²) in [7, 11) is 3.17. The number of H-pyrrole nitrogens is 1. The summed E-state index contributed by atoms with van der Waals surface area (Å²) in [5.41, 5.74) is 0.983. The lowest BCUT2D eigenvalue weighted by Gasteiger charge is -2.08. The number of hydrogen-bond donors (Lipinski definition) is 2. The molecule has 22 heavy (non-hydrogen) atoms. The maximum Gasteiger partial charge on any atom is 0.316 e. The molecule has 0 amide bonds. The Bertz CT molecular complexity index is 659. The Hall–Kier alpha value is -2.22. The average molecular weight is 323 g/mol. The lowest BCUT2D eigenvalue weighted by molar-refractivity contribution is -0.136. The number of benzene rings is 1. The predicted octanol–water partition coefficient (Wildman–Crippen LogP) is 1.98. The van der Waals surface area contributed by atoms with Gasteiger partial charge in [-0.1, -0.05) is 17.8 Å². The molecule has 2 aromatic rings. The molecule has 2 rings (SSSR count). The first-order chi connectivity index (χ1) is 10.5. The van der Waals surface area contributed by atoms with Gasteiger partial charge in [-0.05, 0) is 24.6 Å². The highest BCUT2D eigenvalue weighted by atomic mass is 32.2. The Kier molecular flexibility index (Phi) is 5.26. The number of carboxylic acids is 1. The van der Waals surface area contributed by atoms with E-state index in [4.69, 9.17) is 14.6 Å². The Balaban J connectivity index is 2.08. The summed E-state index contributed by atoms with van der Waals surface area (Å²) in [6.07, 6.45) is 0.537. The number of aliphatic carboxylic acids is 1. The highest BCUT2D eigenvalue weighted by Gasteiger charge is 2.16. The number of carbonyl (C=O) groups is 1. The van der Waals surface area contributed by atoms with Crippen LogP contribution in [-0.2, 0) is 11.2 Å². The van der Waals surface area contributed by atoms with E-state index in [2.05, 4.69) is 15.2 Å². The molecule has 1 aromatic carbocycles. The third-order valence-electron chi connectivity index (χ3n) is 2.96. The fourth-order valence-electron chi connectivity index (χ4n) is 1.80. The molecule has 0 saturated heterocycles. The van der Waals surface area contributed by atoms with Crippen molar-refractivity contribution in [2.45, 2.75) is 23.8 Å². The number of nitrogens with zero attached hydrogens (tertiary/aromatic N) is 2. The number of hydrogen-bond acceptors (Lipinski definition) is 6. The minimum Gasteiger partial charge on any atom is -0.493 e. The molecule has 0 saturated carbocycles. The molecule has 2 N–H and O–H groups in total. The van der Waals surface area contributed by atoms with E-state index < -0.39 is 11.2 Å². The van der Waals surface area contributed by atoms with E-state index in [0.717, 1.165) is 17.3 Å². The number of thioether (sulfide) groups is 1. The monoisotopic (exact) mass is 323 g/mol. The third-order valence-corrected chi connectivity index (χ3v) is 3.91. The van der Waals surface area contributed by atoms with E-state index >= 15 is 0 Å². The molecule has 0 spiro atoms. The van der Waals surface area contributed by atoms with Gasteiger partial charge in [0.2, 0.25) is 5.16 Å². The predicted molar refractivity (Wildman–Crippen MR) is 81.7 cm³/mol. The Morgan fingerprint density at radius 1 is 1.36 bits per heavy atom. The molecule has 1 atom stereocenters. The van der Waals surface area contributed by atoms with Crippen LogP contribution in [0.5, 0.6) is 11.5 Å². The topological polar surface area (TPSA) is 97.3 Å². The van der Waals surface area contributed by atoms with Crippen molar-refractivity contribution in [3.05, 3.63) is 29.6 Å². The smallest absolute Gasteiger partial charge is 0.316 e. The van der Waals surface area contributed by atoms with Crippen molar-refractivity contribution in [1.82, 2.24) is 15.2 Å². The van der Waals surface area contributed by atoms with Gasteiger partial charge in [0.05, 0.1) is 14.2 Å². The van der Waals surface area contributed by atoms with Crippen LogP contribution in [-0.4, -0.2) is 45.7 Å². The lowest BCUT2D eigenvalue weighted by Crippen LogP contribution is -2.11. The highest BCUT2D eigenvalue weighted by molar-refractivity contribution is 8.00. The maximum absolute atomic E-state index is 10.8. The maximum atomic E-state index is 10.8. The van der Waals surface area contributed by atoms with Gasteiger partial charge in [0.15, 0.2) is 11.5 Å². The van der Waals surface area contributed by atoms with Crippen LogP contribution in [0.3, 0.4) is 0 Å². The van der Waals surface area contributed by atoms with Crippen LogP contribution in [0.2, 0.25) is 0 Å². The second-order valence-corrected chi connectivity index (χ2v) is 5.84. The molecule has 1 heterocycles. The molecule has 1 aromatic heterocycles. The number of methoxy groups -OCH3 is 2. The van der Waals surface area contributed by atoms with Gasteiger partial charge in [0, 0.05) is 6.42 Å². The summed E-state index contributed by atoms with van der Waals surface area (Å²) in [5, 5.41) is 15.5. The van der Waals surface area contributed by atoms with Crippen molar-refractivity contribution in [3.63, 3.8) is 0 Å². The van der Waals surface area contributed by atoms with E-state index in [9.17, 15) is 4.79 Å². The SMILES string of the molecule is COc1ccc(Cc2nc(S[C@H](C)C(=O)O)n[nH]2)cc1OC. The zero-order valence-corrected chi connectivity index (χ0v) is 13.3. The fraction of sp³-hybridized carbons (Fsp3) is 0.357. The average Bonchev–Trinajstić information content (AvgIpc) is 2.94. The third kappa shape index (κ3) is 3.91. The zero-order chi connectivity index (χ0) is 16.1. The van der Waals surface area contributed by atoms with Crippen molar-refractivity contribution < 1.29 is 19.4 Å². The van der Waals surface area contributed by atoms with Gasteiger partial charge in [-0.3, -0.25) is 9.89 Å². The van der Waals surface area contributed by atoms with Crippen molar-refractivity contribution in [3.8, 4) is 11.5 Å². The molecule has 118 valence electrons. The van der Waals surface area contributed by atoms with Crippen molar-refractivity contribution >= 4 is 17.7 Å². The van der Waals surface area contributed by atoms with Crippen molar-refractivity contribution in [2.75, 3.05) is 14.2 Å². The Morgan fingerprint density at radius 2 is 2.09 bits per heavy atom. The molecule has 0 fully saturated rings. The van der Waals surface area contributed by atoms with E-state index in [-0.39, 0.29) is 0 Å². The number of ether oxygens (including phenoxy) is 2.